The minimum absolute atomic E-state index is 0.0394. The number of amides is 1. The van der Waals surface area contributed by atoms with Gasteiger partial charge in [-0.3, -0.25) is 4.79 Å². The van der Waals surface area contributed by atoms with Gasteiger partial charge in [-0.05, 0) is 25.1 Å². The molecule has 3 rings (SSSR count). The van der Waals surface area contributed by atoms with Crippen molar-refractivity contribution in [3.8, 4) is 0 Å². The first-order valence-corrected chi connectivity index (χ1v) is 6.92. The summed E-state index contributed by atoms with van der Waals surface area (Å²) in [6.07, 6.45) is 0. The van der Waals surface area contributed by atoms with Gasteiger partial charge in [0.2, 0.25) is 0 Å². The predicted molar refractivity (Wildman–Crippen MR) is 75.1 cm³/mol. The van der Waals surface area contributed by atoms with Crippen molar-refractivity contribution in [1.29, 1.82) is 0 Å². The number of nitrogens with one attached hydrogen (secondary N) is 2. The van der Waals surface area contributed by atoms with E-state index >= 15 is 0 Å². The van der Waals surface area contributed by atoms with Crippen LogP contribution in [0.3, 0.4) is 0 Å². The monoisotopic (exact) mass is 259 g/mol. The van der Waals surface area contributed by atoms with E-state index in [1.165, 1.54) is 0 Å². The Morgan fingerprint density at radius 1 is 1.42 bits per heavy atom. The Bertz CT molecular complexity index is 456. The Hall–Kier alpha value is -1.39. The average Bonchev–Trinajstić information content (AvgIpc) is 2.74. The maximum Gasteiger partial charge on any atom is 0.251 e. The predicted octanol–water partition coefficient (Wildman–Crippen LogP) is 0.568. The van der Waals surface area contributed by atoms with Crippen molar-refractivity contribution in [3.05, 3.63) is 35.9 Å². The molecule has 2 aliphatic heterocycles. The maximum absolute atomic E-state index is 12.1. The second kappa shape index (κ2) is 4.94. The van der Waals surface area contributed by atoms with Crippen LogP contribution in [0, 0.1) is 11.3 Å². The molecule has 1 amide bonds. The van der Waals surface area contributed by atoms with Crippen LogP contribution in [0.4, 0.5) is 0 Å². The number of rotatable bonds is 3. The molecule has 0 radical (unpaired) electrons. The zero-order valence-corrected chi connectivity index (χ0v) is 11.4. The van der Waals surface area contributed by atoms with Crippen LogP contribution in [-0.4, -0.2) is 50.6 Å². The van der Waals surface area contributed by atoms with Crippen molar-refractivity contribution in [2.24, 2.45) is 11.3 Å². The van der Waals surface area contributed by atoms with Crippen LogP contribution in [0.2, 0.25) is 0 Å². The number of likely N-dealkylation sites (tertiary alicyclic amines) is 1. The zero-order chi connectivity index (χ0) is 13.3. The smallest absolute Gasteiger partial charge is 0.251 e. The fourth-order valence-electron chi connectivity index (χ4n) is 3.34. The van der Waals surface area contributed by atoms with Gasteiger partial charge in [0.25, 0.3) is 5.91 Å². The van der Waals surface area contributed by atoms with E-state index in [4.69, 9.17) is 0 Å². The molecule has 4 nitrogen and oxygen atoms in total. The van der Waals surface area contributed by atoms with E-state index in [9.17, 15) is 4.79 Å². The summed E-state index contributed by atoms with van der Waals surface area (Å²) >= 11 is 0. The summed E-state index contributed by atoms with van der Waals surface area (Å²) in [6, 6.07) is 9.44. The molecular formula is C15H21N3O. The Morgan fingerprint density at radius 2 is 2.16 bits per heavy atom. The van der Waals surface area contributed by atoms with Gasteiger partial charge in [-0.2, -0.15) is 0 Å². The van der Waals surface area contributed by atoms with Crippen LogP contribution >= 0.6 is 0 Å². The first-order valence-electron chi connectivity index (χ1n) is 6.92. The quantitative estimate of drug-likeness (QED) is 0.834. The molecule has 19 heavy (non-hydrogen) atoms. The third kappa shape index (κ3) is 2.38. The van der Waals surface area contributed by atoms with Crippen molar-refractivity contribution in [3.63, 3.8) is 0 Å². The summed E-state index contributed by atoms with van der Waals surface area (Å²) in [5, 5.41) is 6.47. The Kier molecular flexibility index (Phi) is 3.29. The molecule has 0 aromatic heterocycles. The van der Waals surface area contributed by atoms with E-state index in [1.807, 2.05) is 30.3 Å². The van der Waals surface area contributed by atoms with Crippen LogP contribution in [0.1, 0.15) is 10.4 Å². The van der Waals surface area contributed by atoms with Crippen LogP contribution in [0.5, 0.6) is 0 Å². The normalized spacial score (nSPS) is 25.2. The minimum atomic E-state index is 0.0394. The highest BCUT2D eigenvalue weighted by Gasteiger charge is 2.49. The van der Waals surface area contributed by atoms with Gasteiger partial charge in [0.15, 0.2) is 0 Å². The number of nitrogens with zero attached hydrogens (tertiary/aromatic N) is 1. The van der Waals surface area contributed by atoms with Gasteiger partial charge in [-0.15, -0.1) is 0 Å². The van der Waals surface area contributed by atoms with Gasteiger partial charge in [-0.1, -0.05) is 18.2 Å². The highest BCUT2D eigenvalue weighted by atomic mass is 16.1. The molecule has 1 atom stereocenters. The lowest BCUT2D eigenvalue weighted by Gasteiger charge is -2.43. The Balaban J connectivity index is 1.59. The van der Waals surface area contributed by atoms with Crippen LogP contribution in [-0.2, 0) is 0 Å². The fraction of sp³-hybridized carbons (Fsp3) is 0.533. The molecule has 0 saturated carbocycles. The second-order valence-electron chi connectivity index (χ2n) is 5.94. The highest BCUT2D eigenvalue weighted by molar-refractivity contribution is 5.94. The summed E-state index contributed by atoms with van der Waals surface area (Å²) in [5.74, 6) is 0.601. The minimum Gasteiger partial charge on any atom is -0.352 e. The average molecular weight is 259 g/mol. The molecular weight excluding hydrogens is 238 g/mol. The zero-order valence-electron chi connectivity index (χ0n) is 11.4. The molecule has 1 aromatic carbocycles. The lowest BCUT2D eigenvalue weighted by molar-refractivity contribution is 0.0900. The van der Waals surface area contributed by atoms with Crippen molar-refractivity contribution in [2.75, 3.05) is 39.8 Å². The van der Waals surface area contributed by atoms with Gasteiger partial charge in [0, 0.05) is 43.7 Å². The summed E-state index contributed by atoms with van der Waals surface area (Å²) < 4.78 is 0. The molecule has 4 heteroatoms. The summed E-state index contributed by atoms with van der Waals surface area (Å²) in [7, 11) is 2.17. The van der Waals surface area contributed by atoms with E-state index in [0.29, 0.717) is 11.3 Å². The SMILES string of the molecule is CN1CC(CNC(=O)c2ccccc2)C2(CNC2)C1. The number of hydrogen-bond acceptors (Lipinski definition) is 3. The molecule has 2 aliphatic rings. The fourth-order valence-corrected chi connectivity index (χ4v) is 3.34. The van der Waals surface area contributed by atoms with E-state index in [2.05, 4.69) is 22.6 Å². The summed E-state index contributed by atoms with van der Waals surface area (Å²) in [4.78, 5) is 14.4. The molecule has 2 N–H and O–H groups in total. The molecule has 2 fully saturated rings. The van der Waals surface area contributed by atoms with E-state index < -0.39 is 0 Å². The van der Waals surface area contributed by atoms with Crippen molar-refractivity contribution >= 4 is 5.91 Å². The summed E-state index contributed by atoms with van der Waals surface area (Å²) in [5.41, 5.74) is 1.13. The molecule has 102 valence electrons. The number of carbonyl (C=O) groups excluding carboxylic acids is 1. The van der Waals surface area contributed by atoms with Crippen molar-refractivity contribution in [2.45, 2.75) is 0 Å². The largest absolute Gasteiger partial charge is 0.352 e. The number of carbonyl (C=O) groups is 1. The standard InChI is InChI=1S/C15H21N3O/c1-18-8-13(15(11-18)9-16-10-15)7-17-14(19)12-5-3-2-4-6-12/h2-6,13,16H,7-11H2,1H3,(H,17,19). The lowest BCUT2D eigenvalue weighted by Crippen LogP contribution is -2.59. The second-order valence-corrected chi connectivity index (χ2v) is 5.94. The first kappa shape index (κ1) is 12.6. The lowest BCUT2D eigenvalue weighted by atomic mass is 9.73. The third-order valence-corrected chi connectivity index (χ3v) is 4.48. The molecule has 0 aliphatic carbocycles. The van der Waals surface area contributed by atoms with E-state index in [1.54, 1.807) is 0 Å². The molecule has 1 unspecified atom stereocenters. The topological polar surface area (TPSA) is 44.4 Å². The Morgan fingerprint density at radius 3 is 2.79 bits per heavy atom. The summed E-state index contributed by atoms with van der Waals surface area (Å²) in [6.45, 7) is 5.18. The van der Waals surface area contributed by atoms with E-state index in [-0.39, 0.29) is 5.91 Å². The number of hydrogen-bond donors (Lipinski definition) is 2. The third-order valence-electron chi connectivity index (χ3n) is 4.48. The first-order chi connectivity index (χ1) is 9.20. The molecule has 1 spiro atoms. The van der Waals surface area contributed by atoms with Gasteiger partial charge < -0.3 is 15.5 Å². The highest BCUT2D eigenvalue weighted by Crippen LogP contribution is 2.38. The van der Waals surface area contributed by atoms with Gasteiger partial charge in [0.1, 0.15) is 0 Å². The van der Waals surface area contributed by atoms with E-state index in [0.717, 1.165) is 38.3 Å². The van der Waals surface area contributed by atoms with Gasteiger partial charge in [-0.25, -0.2) is 0 Å². The van der Waals surface area contributed by atoms with Crippen molar-refractivity contribution < 1.29 is 4.79 Å². The Labute approximate surface area is 114 Å². The molecule has 1 aromatic rings. The van der Waals surface area contributed by atoms with Crippen LogP contribution in [0.15, 0.2) is 30.3 Å². The molecule has 2 heterocycles. The van der Waals surface area contributed by atoms with Gasteiger partial charge in [0.05, 0.1) is 0 Å². The molecule has 0 bridgehead atoms. The maximum atomic E-state index is 12.1. The number of benzene rings is 1. The van der Waals surface area contributed by atoms with Crippen LogP contribution < -0.4 is 10.6 Å². The van der Waals surface area contributed by atoms with Crippen LogP contribution in [0.25, 0.3) is 0 Å². The molecule has 2 saturated heterocycles. The van der Waals surface area contributed by atoms with Gasteiger partial charge >= 0.3 is 0 Å². The van der Waals surface area contributed by atoms with Crippen molar-refractivity contribution in [1.82, 2.24) is 15.5 Å².